The van der Waals surface area contributed by atoms with Crippen molar-refractivity contribution >= 4 is 29.5 Å². The number of aliphatic imine (C=N–C) groups is 3. The van der Waals surface area contributed by atoms with E-state index in [4.69, 9.17) is 21.3 Å². The van der Waals surface area contributed by atoms with Gasteiger partial charge in [0.15, 0.2) is 17.4 Å². The van der Waals surface area contributed by atoms with Crippen molar-refractivity contribution in [1.82, 2.24) is 4.90 Å². The van der Waals surface area contributed by atoms with Crippen LogP contribution in [0, 0.1) is 11.2 Å². The maximum Gasteiger partial charge on any atom is 0.304 e. The number of hydrogen-bond donors (Lipinski definition) is 5. The maximum absolute atomic E-state index is 14.7. The summed E-state index contributed by atoms with van der Waals surface area (Å²) in [5.41, 5.74) is 12.4. The summed E-state index contributed by atoms with van der Waals surface area (Å²) < 4.78 is 20.0. The first-order valence-corrected chi connectivity index (χ1v) is 12.0. The van der Waals surface area contributed by atoms with E-state index in [0.717, 1.165) is 19.3 Å². The summed E-state index contributed by atoms with van der Waals surface area (Å²) in [4.78, 5) is 17.5. The zero-order chi connectivity index (χ0) is 26.6. The fourth-order valence-corrected chi connectivity index (χ4v) is 4.16. The molecule has 12 heteroatoms. The number of nitrogens with zero attached hydrogens (tertiary/aromatic N) is 5. The molecule has 1 aromatic carbocycles. The predicted molar refractivity (Wildman–Crippen MR) is 141 cm³/mol. The van der Waals surface area contributed by atoms with Crippen molar-refractivity contribution in [2.75, 3.05) is 44.2 Å². The molecule has 0 bridgehead atoms. The Balaban J connectivity index is 1.37. The van der Waals surface area contributed by atoms with Gasteiger partial charge >= 0.3 is 5.96 Å². The lowest BCUT2D eigenvalue weighted by atomic mass is 9.98. The van der Waals surface area contributed by atoms with E-state index in [9.17, 15) is 9.50 Å². The summed E-state index contributed by atoms with van der Waals surface area (Å²) >= 11 is 0. The molecule has 2 aliphatic heterocycles. The molecule has 1 saturated heterocycles. The van der Waals surface area contributed by atoms with Crippen LogP contribution in [0.4, 0.5) is 10.1 Å². The zero-order valence-corrected chi connectivity index (χ0v) is 21.0. The number of amidine groups is 2. The minimum Gasteiger partial charge on any atom is -0.461 e. The number of piperazine rings is 1. The van der Waals surface area contributed by atoms with Crippen LogP contribution in [0.3, 0.4) is 0 Å². The highest BCUT2D eigenvalue weighted by atomic mass is 19.1. The van der Waals surface area contributed by atoms with Crippen LogP contribution in [0.1, 0.15) is 25.2 Å². The van der Waals surface area contributed by atoms with Gasteiger partial charge in [0.1, 0.15) is 11.4 Å². The van der Waals surface area contributed by atoms with Crippen molar-refractivity contribution in [3.8, 4) is 0 Å². The summed E-state index contributed by atoms with van der Waals surface area (Å²) in [5, 5.41) is 19.5. The van der Waals surface area contributed by atoms with Crippen molar-refractivity contribution in [3.05, 3.63) is 65.1 Å². The number of aliphatic hydroxyl groups is 1. The van der Waals surface area contributed by atoms with Crippen molar-refractivity contribution in [2.45, 2.75) is 19.4 Å². The normalized spacial score (nSPS) is 18.9. The van der Waals surface area contributed by atoms with Gasteiger partial charge in [0.05, 0.1) is 24.1 Å². The second kappa shape index (κ2) is 11.0. The van der Waals surface area contributed by atoms with Crippen LogP contribution in [0.15, 0.2) is 67.4 Å². The van der Waals surface area contributed by atoms with E-state index in [1.54, 1.807) is 43.4 Å². The smallest absolute Gasteiger partial charge is 0.304 e. The summed E-state index contributed by atoms with van der Waals surface area (Å²) in [5.74, 6) is 1.18. The second-order valence-electron chi connectivity index (χ2n) is 9.36. The Labute approximate surface area is 214 Å². The number of anilines is 1. The molecule has 0 amide bonds. The number of furan rings is 1. The Morgan fingerprint density at radius 1 is 1.30 bits per heavy atom. The number of benzene rings is 1. The first-order chi connectivity index (χ1) is 17.7. The van der Waals surface area contributed by atoms with E-state index >= 15 is 0 Å². The highest BCUT2D eigenvalue weighted by Gasteiger charge is 2.25. The monoisotopic (exact) mass is 510 g/mol. The van der Waals surface area contributed by atoms with Gasteiger partial charge in [-0.3, -0.25) is 9.89 Å². The van der Waals surface area contributed by atoms with Gasteiger partial charge < -0.3 is 31.3 Å². The molecule has 0 aliphatic carbocycles. The quantitative estimate of drug-likeness (QED) is 0.253. The first kappa shape index (κ1) is 26.2. The van der Waals surface area contributed by atoms with Crippen LogP contribution in [-0.2, 0) is 5.60 Å². The molecule has 0 saturated carbocycles. The number of guanidine groups is 1. The highest BCUT2D eigenvalue weighted by molar-refractivity contribution is 6.18. The van der Waals surface area contributed by atoms with Gasteiger partial charge in [-0.25, -0.2) is 9.71 Å². The van der Waals surface area contributed by atoms with E-state index in [2.05, 4.69) is 19.9 Å². The Kier molecular flexibility index (Phi) is 7.81. The number of quaternary nitrogens is 1. The van der Waals surface area contributed by atoms with Crippen molar-refractivity contribution < 1.29 is 19.2 Å². The van der Waals surface area contributed by atoms with Gasteiger partial charge in [0.2, 0.25) is 5.82 Å². The van der Waals surface area contributed by atoms with Crippen molar-refractivity contribution in [1.29, 1.82) is 5.41 Å². The van der Waals surface area contributed by atoms with Gasteiger partial charge in [0.25, 0.3) is 0 Å². The topological polar surface area (TPSA) is 169 Å². The molecule has 1 aromatic heterocycles. The Morgan fingerprint density at radius 2 is 2.05 bits per heavy atom. The third-order valence-electron chi connectivity index (χ3n) is 6.24. The molecule has 3 heterocycles. The van der Waals surface area contributed by atoms with Crippen LogP contribution < -0.4 is 21.7 Å². The molecule has 2 aliphatic rings. The van der Waals surface area contributed by atoms with Gasteiger partial charge in [-0.15, -0.1) is 0 Å². The molecule has 0 spiro atoms. The molecule has 0 unspecified atom stereocenters. The lowest BCUT2D eigenvalue weighted by Crippen LogP contribution is -2.90. The van der Waals surface area contributed by atoms with E-state index < -0.39 is 5.60 Å². The fraction of sp³-hybridized carbons (Fsp3) is 0.360. The third kappa shape index (κ3) is 6.28. The fourth-order valence-electron chi connectivity index (χ4n) is 4.16. The molecule has 196 valence electrons. The van der Waals surface area contributed by atoms with Crippen molar-refractivity contribution in [3.63, 3.8) is 0 Å². The molecular weight excluding hydrogens is 477 g/mol. The minimum atomic E-state index is -1.09. The van der Waals surface area contributed by atoms with Crippen molar-refractivity contribution in [2.24, 2.45) is 26.4 Å². The predicted octanol–water partition coefficient (Wildman–Crippen LogP) is 0.325. The molecule has 2 aromatic rings. The average Bonchev–Trinajstić information content (AvgIpc) is 3.39. The lowest BCUT2D eigenvalue weighted by molar-refractivity contribution is -0.488. The molecule has 1 fully saturated rings. The number of nitrogens with one attached hydrogen (secondary N) is 1. The van der Waals surface area contributed by atoms with Crippen LogP contribution in [0.5, 0.6) is 0 Å². The van der Waals surface area contributed by atoms with E-state index in [1.165, 1.54) is 12.3 Å². The Hall–Kier alpha value is -3.87. The number of hydrogen-bond acceptors (Lipinski definition) is 8. The Morgan fingerprint density at radius 3 is 2.68 bits per heavy atom. The molecule has 0 atom stereocenters. The standard InChI is InChI=1S/C25H32FN9O2/c1-25(2,36)16-5-6-19(18(26)14-16)35-11-9-34(10-12-35)8-7-30-22-17(15-27)23(33-24(29)32-22)31-21(28)20-4-3-13-37-20/h3-6,13-15,27,36H,7-12H2,1-2H3,(H5,28,29,30,31,32,33)/p+1. The Bertz CT molecular complexity index is 1250. The van der Waals surface area contributed by atoms with E-state index in [-0.39, 0.29) is 17.6 Å². The highest BCUT2D eigenvalue weighted by Crippen LogP contribution is 2.27. The minimum absolute atomic E-state index is 0.161. The molecular formula is C25H33FN9O2+. The van der Waals surface area contributed by atoms with Gasteiger partial charge in [-0.05, 0) is 43.7 Å². The molecule has 37 heavy (non-hydrogen) atoms. The zero-order valence-electron chi connectivity index (χ0n) is 21.0. The van der Waals surface area contributed by atoms with Crippen LogP contribution in [-0.4, -0.2) is 73.1 Å². The largest absolute Gasteiger partial charge is 0.461 e. The van der Waals surface area contributed by atoms with Gasteiger partial charge in [0, 0.05) is 38.9 Å². The summed E-state index contributed by atoms with van der Waals surface area (Å²) in [7, 11) is 0. The van der Waals surface area contributed by atoms with E-state index in [1.807, 2.05) is 4.90 Å². The summed E-state index contributed by atoms with van der Waals surface area (Å²) in [6.45, 7) is 7.24. The summed E-state index contributed by atoms with van der Waals surface area (Å²) in [6, 6.07) is 8.31. The number of nitrogens with two attached hydrogens (primary N) is 3. The number of halogens is 1. The van der Waals surface area contributed by atoms with Crippen LogP contribution in [0.2, 0.25) is 0 Å². The molecule has 0 radical (unpaired) electrons. The average molecular weight is 511 g/mol. The van der Waals surface area contributed by atoms with Crippen LogP contribution in [0.25, 0.3) is 0 Å². The van der Waals surface area contributed by atoms with E-state index in [0.29, 0.717) is 60.4 Å². The summed E-state index contributed by atoms with van der Waals surface area (Å²) in [6.07, 6.45) is 2.64. The lowest BCUT2D eigenvalue weighted by Gasteiger charge is -2.36. The molecule has 8 N–H and O–H groups in total. The van der Waals surface area contributed by atoms with Gasteiger partial charge in [-0.2, -0.15) is 9.98 Å². The first-order valence-electron chi connectivity index (χ1n) is 12.0. The second-order valence-corrected chi connectivity index (χ2v) is 9.36. The molecule has 11 nitrogen and oxygen atoms in total. The van der Waals surface area contributed by atoms with Crippen LogP contribution >= 0.6 is 0 Å². The SMILES string of the molecule is CC(C)(O)c1ccc(N2CCN(CCN=C3N=C(N)[NH2+]C(/N=C(\N)c4ccco4)=C3C=N)CC2)c(F)c1. The maximum atomic E-state index is 14.7. The van der Waals surface area contributed by atoms with Gasteiger partial charge in [-0.1, -0.05) is 6.07 Å². The third-order valence-corrected chi connectivity index (χ3v) is 6.24. The molecule has 4 rings (SSSR count). The number of rotatable bonds is 8.